The Morgan fingerprint density at radius 1 is 1.15 bits per heavy atom. The number of guanidine groups is 1. The molecule has 0 saturated carbocycles. The van der Waals surface area contributed by atoms with Crippen molar-refractivity contribution in [3.8, 4) is 0 Å². The minimum Gasteiger partial charge on any atom is -0.370 e. The molecule has 2 heterocycles. The fourth-order valence-electron chi connectivity index (χ4n) is 2.87. The van der Waals surface area contributed by atoms with Crippen molar-refractivity contribution in [2.24, 2.45) is 21.5 Å². The maximum atomic E-state index is 11.4. The molecule has 26 heavy (non-hydrogen) atoms. The normalized spacial score (nSPS) is 16.0. The molecule has 0 aliphatic carbocycles. The van der Waals surface area contributed by atoms with Crippen molar-refractivity contribution in [2.75, 3.05) is 0 Å². The molecule has 0 radical (unpaired) electrons. The van der Waals surface area contributed by atoms with Crippen LogP contribution in [-0.4, -0.2) is 24.0 Å². The third-order valence-corrected chi connectivity index (χ3v) is 4.07. The molecule has 2 aromatic carbocycles. The van der Waals surface area contributed by atoms with Crippen LogP contribution in [0.15, 0.2) is 58.5 Å². The number of aliphatic imine (C=N–C) groups is 2. The van der Waals surface area contributed by atoms with Crippen LogP contribution in [0.5, 0.6) is 0 Å². The standard InChI is InChI=1S/C11H12N4O.C8H7NO/c12-11(13)15-10(16)5-9-8-4-2-1-3-7(8)6-14-9;10-8-7-4-2-1-3-6(7)5-9-8/h1-4,6,9H,5H2,(H4,12,13,15,16);1-4H,5H2,(H,9,10). The van der Waals surface area contributed by atoms with E-state index in [-0.39, 0.29) is 30.2 Å². The second kappa shape index (κ2) is 7.60. The lowest BCUT2D eigenvalue weighted by molar-refractivity contribution is -0.118. The largest absolute Gasteiger partial charge is 0.370 e. The van der Waals surface area contributed by atoms with Crippen molar-refractivity contribution in [3.63, 3.8) is 0 Å². The van der Waals surface area contributed by atoms with E-state index in [0.717, 1.165) is 22.3 Å². The third kappa shape index (κ3) is 3.94. The monoisotopic (exact) mass is 349 g/mol. The molecule has 4 rings (SSSR count). The van der Waals surface area contributed by atoms with Crippen molar-refractivity contribution in [2.45, 2.75) is 19.0 Å². The summed E-state index contributed by atoms with van der Waals surface area (Å²) in [5.41, 5.74) is 14.3. The molecule has 7 nitrogen and oxygen atoms in total. The topological polar surface area (TPSA) is 123 Å². The van der Waals surface area contributed by atoms with Gasteiger partial charge in [-0.1, -0.05) is 42.5 Å². The maximum Gasteiger partial charge on any atom is 0.251 e. The van der Waals surface area contributed by atoms with Crippen LogP contribution in [0.4, 0.5) is 0 Å². The molecule has 2 aliphatic rings. The highest BCUT2D eigenvalue weighted by molar-refractivity contribution is 5.98. The summed E-state index contributed by atoms with van der Waals surface area (Å²) in [6, 6.07) is 15.2. The number of rotatable bonds is 2. The van der Waals surface area contributed by atoms with Crippen LogP contribution < -0.4 is 16.8 Å². The first kappa shape index (κ1) is 17.3. The third-order valence-electron chi connectivity index (χ3n) is 4.07. The van der Waals surface area contributed by atoms with E-state index in [1.807, 2.05) is 48.5 Å². The van der Waals surface area contributed by atoms with Crippen molar-refractivity contribution < 1.29 is 9.59 Å². The van der Waals surface area contributed by atoms with Crippen LogP contribution in [0.25, 0.3) is 0 Å². The molecule has 7 heteroatoms. The maximum absolute atomic E-state index is 11.4. The smallest absolute Gasteiger partial charge is 0.251 e. The summed E-state index contributed by atoms with van der Waals surface area (Å²) >= 11 is 0. The number of amides is 2. The molecule has 132 valence electrons. The van der Waals surface area contributed by atoms with E-state index in [2.05, 4.69) is 15.3 Å². The first-order valence-corrected chi connectivity index (χ1v) is 8.15. The van der Waals surface area contributed by atoms with Gasteiger partial charge in [0.2, 0.25) is 0 Å². The van der Waals surface area contributed by atoms with Crippen LogP contribution in [0.2, 0.25) is 0 Å². The Hall–Kier alpha value is -3.48. The second-order valence-corrected chi connectivity index (χ2v) is 5.90. The minimum atomic E-state index is -0.348. The van der Waals surface area contributed by atoms with Gasteiger partial charge in [0.05, 0.1) is 12.5 Å². The van der Waals surface area contributed by atoms with Crippen molar-refractivity contribution >= 4 is 24.0 Å². The Balaban J connectivity index is 0.000000167. The average Bonchev–Trinajstić information content (AvgIpc) is 3.20. The Labute approximate surface area is 150 Å². The highest BCUT2D eigenvalue weighted by atomic mass is 16.2. The van der Waals surface area contributed by atoms with Crippen molar-refractivity contribution in [1.82, 2.24) is 5.32 Å². The van der Waals surface area contributed by atoms with E-state index in [9.17, 15) is 9.59 Å². The lowest BCUT2D eigenvalue weighted by Crippen LogP contribution is -2.24. The number of nitrogens with one attached hydrogen (secondary N) is 1. The number of nitrogens with zero attached hydrogens (tertiary/aromatic N) is 2. The zero-order chi connectivity index (χ0) is 18.5. The van der Waals surface area contributed by atoms with Gasteiger partial charge in [0.25, 0.3) is 11.8 Å². The summed E-state index contributed by atoms with van der Waals surface area (Å²) in [4.78, 5) is 30.1. The molecule has 2 aromatic rings. The number of hydrogen-bond acceptors (Lipinski definition) is 3. The van der Waals surface area contributed by atoms with Crippen LogP contribution in [0.3, 0.4) is 0 Å². The molecule has 0 bridgehead atoms. The molecule has 0 aromatic heterocycles. The number of benzene rings is 2. The fourth-order valence-corrected chi connectivity index (χ4v) is 2.87. The molecule has 1 unspecified atom stereocenters. The highest BCUT2D eigenvalue weighted by Crippen LogP contribution is 2.29. The van der Waals surface area contributed by atoms with Gasteiger partial charge in [-0.2, -0.15) is 4.99 Å². The van der Waals surface area contributed by atoms with Crippen molar-refractivity contribution in [3.05, 3.63) is 70.8 Å². The number of nitrogens with two attached hydrogens (primary N) is 2. The zero-order valence-corrected chi connectivity index (χ0v) is 14.1. The Morgan fingerprint density at radius 3 is 2.65 bits per heavy atom. The average molecular weight is 349 g/mol. The summed E-state index contributed by atoms with van der Waals surface area (Å²) < 4.78 is 0. The van der Waals surface area contributed by atoms with Crippen LogP contribution in [0.1, 0.15) is 39.5 Å². The number of fused-ring (bicyclic) bond motifs is 2. The van der Waals surface area contributed by atoms with Gasteiger partial charge < -0.3 is 16.8 Å². The number of carbonyl (C=O) groups excluding carboxylic acids is 2. The molecule has 2 amide bonds. The van der Waals surface area contributed by atoms with Crippen LogP contribution in [0, 0.1) is 0 Å². The van der Waals surface area contributed by atoms with E-state index in [4.69, 9.17) is 11.5 Å². The Morgan fingerprint density at radius 2 is 1.88 bits per heavy atom. The number of carbonyl (C=O) groups is 2. The van der Waals surface area contributed by atoms with Gasteiger partial charge in [0, 0.05) is 18.3 Å². The lowest BCUT2D eigenvalue weighted by atomic mass is 10.0. The SMILES string of the molecule is NC(N)=NC(=O)CC1N=Cc2ccccc21.O=C1NCc2ccccc21. The van der Waals surface area contributed by atoms with Gasteiger partial charge >= 0.3 is 0 Å². The lowest BCUT2D eigenvalue weighted by Gasteiger charge is -2.06. The summed E-state index contributed by atoms with van der Waals surface area (Å²) in [5.74, 6) is -0.505. The molecule has 2 aliphatic heterocycles. The molecule has 5 N–H and O–H groups in total. The molecule has 1 atom stereocenters. The molecule has 0 fully saturated rings. The summed E-state index contributed by atoms with van der Waals surface area (Å²) in [6.07, 6.45) is 1.97. The predicted molar refractivity (Wildman–Crippen MR) is 99.8 cm³/mol. The van der Waals surface area contributed by atoms with Gasteiger partial charge in [-0.25, -0.2) is 0 Å². The van der Waals surface area contributed by atoms with E-state index >= 15 is 0 Å². The predicted octanol–water partition coefficient (Wildman–Crippen LogP) is 1.28. The van der Waals surface area contributed by atoms with Gasteiger partial charge in [-0.05, 0) is 22.8 Å². The summed E-state index contributed by atoms with van der Waals surface area (Å²) in [6.45, 7) is 0.689. The Bertz CT molecular complexity index is 900. The summed E-state index contributed by atoms with van der Waals surface area (Å²) in [5, 5.41) is 2.75. The fraction of sp³-hybridized carbons (Fsp3) is 0.158. The molecular weight excluding hydrogens is 330 g/mol. The molecule has 0 saturated heterocycles. The highest BCUT2D eigenvalue weighted by Gasteiger charge is 2.20. The quantitative estimate of drug-likeness (QED) is 0.558. The first-order chi connectivity index (χ1) is 12.5. The summed E-state index contributed by atoms with van der Waals surface area (Å²) in [7, 11) is 0. The second-order valence-electron chi connectivity index (χ2n) is 5.90. The van der Waals surface area contributed by atoms with Gasteiger partial charge in [-0.3, -0.25) is 14.6 Å². The first-order valence-electron chi connectivity index (χ1n) is 8.15. The van der Waals surface area contributed by atoms with Crippen LogP contribution in [-0.2, 0) is 11.3 Å². The van der Waals surface area contributed by atoms with Crippen LogP contribution >= 0.6 is 0 Å². The van der Waals surface area contributed by atoms with E-state index in [0.29, 0.717) is 6.54 Å². The van der Waals surface area contributed by atoms with E-state index < -0.39 is 0 Å². The minimum absolute atomic E-state index is 0.0515. The van der Waals surface area contributed by atoms with E-state index in [1.165, 1.54) is 0 Å². The number of hydrogen-bond donors (Lipinski definition) is 3. The van der Waals surface area contributed by atoms with Gasteiger partial charge in [-0.15, -0.1) is 0 Å². The van der Waals surface area contributed by atoms with E-state index in [1.54, 1.807) is 6.21 Å². The van der Waals surface area contributed by atoms with Gasteiger partial charge in [0.1, 0.15) is 0 Å². The zero-order valence-electron chi connectivity index (χ0n) is 14.1. The molecule has 0 spiro atoms. The van der Waals surface area contributed by atoms with Gasteiger partial charge in [0.15, 0.2) is 5.96 Å². The van der Waals surface area contributed by atoms with Crippen molar-refractivity contribution in [1.29, 1.82) is 0 Å². The molecular formula is C19H19N5O2. The Kier molecular flexibility index (Phi) is 5.07.